The number of carbonyl (C=O) groups is 1. The van der Waals surface area contributed by atoms with Crippen molar-refractivity contribution in [1.29, 1.82) is 0 Å². The quantitative estimate of drug-likeness (QED) is 0.620. The highest BCUT2D eigenvalue weighted by Crippen LogP contribution is 2.31. The van der Waals surface area contributed by atoms with Crippen molar-refractivity contribution in [3.8, 4) is 5.75 Å². The molecule has 0 aliphatic carbocycles. The van der Waals surface area contributed by atoms with Gasteiger partial charge in [0.15, 0.2) is 12.4 Å². The highest BCUT2D eigenvalue weighted by molar-refractivity contribution is 5.92. The Morgan fingerprint density at radius 1 is 1.17 bits per heavy atom. The highest BCUT2D eigenvalue weighted by Gasteiger charge is 2.30. The first-order valence-electron chi connectivity index (χ1n) is 7.03. The van der Waals surface area contributed by atoms with Gasteiger partial charge in [-0.1, -0.05) is 6.07 Å². The molecule has 1 aromatic carbocycles. The minimum Gasteiger partial charge on any atom is -0.491 e. The van der Waals surface area contributed by atoms with Gasteiger partial charge >= 0.3 is 6.18 Å². The minimum absolute atomic E-state index is 0.0946. The van der Waals surface area contributed by atoms with Crippen LogP contribution in [0.15, 0.2) is 48.8 Å². The fraction of sp³-hybridized carbons (Fsp3) is 0.250. The lowest BCUT2D eigenvalue weighted by Crippen LogP contribution is -2.36. The molecule has 0 radical (unpaired) electrons. The second kappa shape index (κ2) is 7.78. The number of nitrogens with two attached hydrogens (primary N) is 1. The van der Waals surface area contributed by atoms with Crippen molar-refractivity contribution in [2.75, 3.05) is 13.2 Å². The Labute approximate surface area is 136 Å². The monoisotopic (exact) mass is 341 g/mol. The summed E-state index contributed by atoms with van der Waals surface area (Å²) in [5.41, 5.74) is 4.76. The van der Waals surface area contributed by atoms with Gasteiger partial charge in [0.05, 0.1) is 12.2 Å². The second-order valence-corrected chi connectivity index (χ2v) is 4.88. The van der Waals surface area contributed by atoms with Crippen LogP contribution in [0.1, 0.15) is 15.9 Å². The van der Waals surface area contributed by atoms with E-state index in [-0.39, 0.29) is 25.7 Å². The number of hydrogen-bond donors (Lipinski definition) is 1. The van der Waals surface area contributed by atoms with Crippen LogP contribution in [0.2, 0.25) is 0 Å². The molecule has 0 aliphatic rings. The molecule has 0 aliphatic heterocycles. The zero-order valence-corrected chi connectivity index (χ0v) is 12.6. The molecule has 2 N–H and O–H groups in total. The minimum atomic E-state index is -4.40. The molecule has 24 heavy (non-hydrogen) atoms. The van der Waals surface area contributed by atoms with Crippen LogP contribution in [-0.2, 0) is 17.6 Å². The van der Waals surface area contributed by atoms with Crippen LogP contribution in [0.3, 0.4) is 0 Å². The van der Waals surface area contributed by atoms with Crippen LogP contribution >= 0.6 is 0 Å². The van der Waals surface area contributed by atoms with E-state index in [4.69, 9.17) is 15.2 Å². The zero-order chi connectivity index (χ0) is 17.6. The maximum absolute atomic E-state index is 12.6. The molecule has 0 unspecified atom stereocenters. The maximum atomic E-state index is 12.6. The van der Waals surface area contributed by atoms with E-state index in [0.29, 0.717) is 5.56 Å². The van der Waals surface area contributed by atoms with Crippen molar-refractivity contribution in [1.82, 2.24) is 0 Å². The van der Waals surface area contributed by atoms with Crippen molar-refractivity contribution in [3.63, 3.8) is 0 Å². The Kier molecular flexibility index (Phi) is 5.75. The summed E-state index contributed by atoms with van der Waals surface area (Å²) >= 11 is 0. The Hall–Kier alpha value is -2.61. The third-order valence-corrected chi connectivity index (χ3v) is 3.04. The number of rotatable bonds is 7. The molecular formula is C16H16F3N2O3+. The Balaban J connectivity index is 1.77. The fourth-order valence-corrected chi connectivity index (χ4v) is 1.90. The van der Waals surface area contributed by atoms with Crippen LogP contribution in [0.5, 0.6) is 5.75 Å². The van der Waals surface area contributed by atoms with E-state index in [1.807, 2.05) is 0 Å². The van der Waals surface area contributed by atoms with E-state index in [2.05, 4.69) is 0 Å². The average Bonchev–Trinajstić information content (AvgIpc) is 2.54. The number of carbonyl (C=O) groups excluding carboxylic acids is 1. The van der Waals surface area contributed by atoms with E-state index in [1.54, 1.807) is 22.9 Å². The van der Waals surface area contributed by atoms with Crippen LogP contribution in [0, 0.1) is 0 Å². The molecule has 5 nitrogen and oxygen atoms in total. The average molecular weight is 341 g/mol. The number of primary amides is 1. The van der Waals surface area contributed by atoms with E-state index in [0.717, 1.165) is 12.1 Å². The fourth-order valence-electron chi connectivity index (χ4n) is 1.90. The Morgan fingerprint density at radius 3 is 2.67 bits per heavy atom. The predicted molar refractivity (Wildman–Crippen MR) is 78.0 cm³/mol. The standard InChI is InChI=1S/C16H15F3N2O3/c17-16(18,19)13-4-1-5-14(9-13)24-8-7-23-11-21-6-2-3-12(10-21)15(20)22/h1-6,9-10H,7-8,11H2,(H-,20,22)/p+1. The molecule has 1 amide bonds. The first-order chi connectivity index (χ1) is 11.4. The van der Waals surface area contributed by atoms with Gasteiger partial charge in [-0.15, -0.1) is 0 Å². The number of hydrogen-bond acceptors (Lipinski definition) is 3. The lowest BCUT2D eigenvalue weighted by atomic mass is 10.2. The molecule has 0 fully saturated rings. The molecule has 0 bridgehead atoms. The van der Waals surface area contributed by atoms with Crippen molar-refractivity contribution >= 4 is 5.91 Å². The first kappa shape index (κ1) is 17.7. The van der Waals surface area contributed by atoms with E-state index >= 15 is 0 Å². The molecular weight excluding hydrogens is 325 g/mol. The molecule has 1 aromatic heterocycles. The van der Waals surface area contributed by atoms with E-state index < -0.39 is 17.6 Å². The van der Waals surface area contributed by atoms with Gasteiger partial charge in [0, 0.05) is 6.07 Å². The largest absolute Gasteiger partial charge is 0.491 e. The summed E-state index contributed by atoms with van der Waals surface area (Å²) in [5, 5.41) is 0. The maximum Gasteiger partial charge on any atom is 0.416 e. The van der Waals surface area contributed by atoms with Gasteiger partial charge in [-0.05, 0) is 24.3 Å². The Bertz CT molecular complexity index is 705. The molecule has 128 valence electrons. The van der Waals surface area contributed by atoms with Crippen LogP contribution in [0.4, 0.5) is 13.2 Å². The number of alkyl halides is 3. The summed E-state index contributed by atoms with van der Waals surface area (Å²) in [6.07, 6.45) is -1.17. The summed E-state index contributed by atoms with van der Waals surface area (Å²) in [6, 6.07) is 7.87. The van der Waals surface area contributed by atoms with Gasteiger partial charge in [-0.25, -0.2) is 0 Å². The molecule has 0 saturated carbocycles. The van der Waals surface area contributed by atoms with Crippen molar-refractivity contribution in [2.24, 2.45) is 5.73 Å². The van der Waals surface area contributed by atoms with Gasteiger partial charge in [-0.2, -0.15) is 17.7 Å². The first-order valence-corrected chi connectivity index (χ1v) is 7.03. The third-order valence-electron chi connectivity index (χ3n) is 3.04. The SMILES string of the molecule is NC(=O)c1ccc[n+](COCCOc2cccc(C(F)(F)F)c2)c1. The molecule has 8 heteroatoms. The number of pyridine rings is 1. The lowest BCUT2D eigenvalue weighted by molar-refractivity contribution is -0.732. The van der Waals surface area contributed by atoms with Crippen LogP contribution < -0.4 is 15.0 Å². The van der Waals surface area contributed by atoms with Crippen LogP contribution in [-0.4, -0.2) is 19.1 Å². The predicted octanol–water partition coefficient (Wildman–Crippen LogP) is 2.14. The van der Waals surface area contributed by atoms with Gasteiger partial charge in [0.1, 0.15) is 17.9 Å². The summed E-state index contributed by atoms with van der Waals surface area (Å²) < 4.78 is 49.9. The van der Waals surface area contributed by atoms with Gasteiger partial charge < -0.3 is 15.2 Å². The van der Waals surface area contributed by atoms with Crippen LogP contribution in [0.25, 0.3) is 0 Å². The van der Waals surface area contributed by atoms with Gasteiger partial charge in [0.25, 0.3) is 12.6 Å². The molecule has 2 aromatic rings. The van der Waals surface area contributed by atoms with E-state index in [1.165, 1.54) is 18.3 Å². The zero-order valence-electron chi connectivity index (χ0n) is 12.6. The van der Waals surface area contributed by atoms with Crippen molar-refractivity contribution < 1.29 is 32.0 Å². The smallest absolute Gasteiger partial charge is 0.416 e. The summed E-state index contributed by atoms with van der Waals surface area (Å²) in [6.45, 7) is 0.425. The molecule has 0 spiro atoms. The normalized spacial score (nSPS) is 11.3. The highest BCUT2D eigenvalue weighted by atomic mass is 19.4. The topological polar surface area (TPSA) is 65.4 Å². The number of nitrogens with zero attached hydrogens (tertiary/aromatic N) is 1. The number of aromatic nitrogens is 1. The molecule has 0 atom stereocenters. The summed E-state index contributed by atoms with van der Waals surface area (Å²) in [4.78, 5) is 11.1. The number of halogens is 3. The number of ether oxygens (including phenoxy) is 2. The lowest BCUT2D eigenvalue weighted by Gasteiger charge is -2.10. The Morgan fingerprint density at radius 2 is 1.96 bits per heavy atom. The third kappa shape index (κ3) is 5.24. The summed E-state index contributed by atoms with van der Waals surface area (Å²) in [5.74, 6) is -0.422. The number of benzene rings is 1. The summed E-state index contributed by atoms with van der Waals surface area (Å²) in [7, 11) is 0. The second-order valence-electron chi connectivity index (χ2n) is 4.88. The molecule has 1 heterocycles. The van der Waals surface area contributed by atoms with Gasteiger partial charge in [0.2, 0.25) is 0 Å². The van der Waals surface area contributed by atoms with Crippen molar-refractivity contribution in [3.05, 3.63) is 59.9 Å². The molecule has 0 saturated heterocycles. The number of amides is 1. The molecule has 2 rings (SSSR count). The van der Waals surface area contributed by atoms with E-state index in [9.17, 15) is 18.0 Å². The van der Waals surface area contributed by atoms with Gasteiger partial charge in [-0.3, -0.25) is 4.79 Å². The van der Waals surface area contributed by atoms with Crippen molar-refractivity contribution in [2.45, 2.75) is 12.9 Å².